The van der Waals surface area contributed by atoms with Gasteiger partial charge in [-0.2, -0.15) is 0 Å². The summed E-state index contributed by atoms with van der Waals surface area (Å²) in [6, 6.07) is 20.2. The second kappa shape index (κ2) is 7.06. The number of anilines is 1. The Morgan fingerprint density at radius 2 is 1.57 bits per heavy atom. The predicted molar refractivity (Wildman–Crippen MR) is 109 cm³/mol. The van der Waals surface area contributed by atoms with Crippen molar-refractivity contribution in [2.75, 3.05) is 5.32 Å². The van der Waals surface area contributed by atoms with Crippen LogP contribution in [0.15, 0.2) is 72.8 Å². The summed E-state index contributed by atoms with van der Waals surface area (Å²) in [5, 5.41) is 14.7. The molecule has 0 saturated heterocycles. The molecule has 3 aromatic rings. The van der Waals surface area contributed by atoms with Gasteiger partial charge in [-0.3, -0.25) is 9.59 Å². The summed E-state index contributed by atoms with van der Waals surface area (Å²) in [7, 11) is 0. The lowest BCUT2D eigenvalue weighted by atomic mass is 9.74. The van der Waals surface area contributed by atoms with Crippen LogP contribution in [-0.4, -0.2) is 16.8 Å². The zero-order valence-corrected chi connectivity index (χ0v) is 16.0. The summed E-state index contributed by atoms with van der Waals surface area (Å²) in [6.07, 6.45) is 0. The van der Waals surface area contributed by atoms with Crippen molar-refractivity contribution >= 4 is 40.6 Å². The Hall–Kier alpha value is -2.66. The monoisotopic (exact) mass is 411 g/mol. The van der Waals surface area contributed by atoms with E-state index in [-0.39, 0.29) is 27.1 Å². The molecule has 6 heteroatoms. The summed E-state index contributed by atoms with van der Waals surface area (Å²) >= 11 is 12.4. The first-order valence-electron chi connectivity index (χ1n) is 8.60. The predicted octanol–water partition coefficient (Wildman–Crippen LogP) is 4.80. The van der Waals surface area contributed by atoms with E-state index >= 15 is 0 Å². The second-order valence-corrected chi connectivity index (χ2v) is 7.45. The quantitative estimate of drug-likeness (QED) is 0.605. The fraction of sp³-hybridized carbons (Fsp3) is 0.0909. The van der Waals surface area contributed by atoms with E-state index in [9.17, 15) is 14.7 Å². The average Bonchev–Trinajstić information content (AvgIpc) is 2.95. The lowest BCUT2D eigenvalue weighted by Crippen LogP contribution is -2.44. The molecular weight excluding hydrogens is 397 g/mol. The molecule has 3 aromatic carbocycles. The number of carbonyl (C=O) groups excluding carboxylic acids is 2. The van der Waals surface area contributed by atoms with Gasteiger partial charge in [0.2, 0.25) is 0 Å². The van der Waals surface area contributed by atoms with Gasteiger partial charge in [-0.1, -0.05) is 83.9 Å². The second-order valence-electron chi connectivity index (χ2n) is 6.60. The third-order valence-electron chi connectivity index (χ3n) is 4.92. The van der Waals surface area contributed by atoms with Crippen molar-refractivity contribution in [3.63, 3.8) is 0 Å². The number of hydrogen-bond acceptors (Lipinski definition) is 3. The van der Waals surface area contributed by atoms with E-state index in [0.717, 1.165) is 0 Å². The van der Waals surface area contributed by atoms with Crippen LogP contribution >= 0.6 is 23.2 Å². The molecule has 0 unspecified atom stereocenters. The Bertz CT molecular complexity index is 1070. The highest BCUT2D eigenvalue weighted by Crippen LogP contribution is 2.49. The van der Waals surface area contributed by atoms with Crippen molar-refractivity contribution in [1.82, 2.24) is 0 Å². The molecule has 0 aromatic heterocycles. The normalized spacial score (nSPS) is 19.0. The number of nitrogens with one attached hydrogen (secondary N) is 1. The molecule has 0 radical (unpaired) electrons. The third kappa shape index (κ3) is 2.90. The highest BCUT2D eigenvalue weighted by molar-refractivity contribution is 6.38. The highest BCUT2D eigenvalue weighted by Gasteiger charge is 2.55. The summed E-state index contributed by atoms with van der Waals surface area (Å²) in [4.78, 5) is 26.4. The third-order valence-corrected chi connectivity index (χ3v) is 5.44. The van der Waals surface area contributed by atoms with Gasteiger partial charge >= 0.3 is 0 Å². The topological polar surface area (TPSA) is 66.4 Å². The fourth-order valence-corrected chi connectivity index (χ4v) is 4.16. The van der Waals surface area contributed by atoms with E-state index < -0.39 is 17.4 Å². The first-order valence-corrected chi connectivity index (χ1v) is 9.36. The first-order chi connectivity index (χ1) is 13.4. The lowest BCUT2D eigenvalue weighted by Gasteiger charge is -2.30. The summed E-state index contributed by atoms with van der Waals surface area (Å²) in [5.74, 6) is -2.27. The van der Waals surface area contributed by atoms with Crippen LogP contribution in [0, 0.1) is 0 Å². The van der Waals surface area contributed by atoms with Crippen molar-refractivity contribution < 1.29 is 14.7 Å². The molecule has 4 rings (SSSR count). The molecule has 0 bridgehead atoms. The molecule has 1 amide bonds. The number of amides is 1. The fourth-order valence-electron chi connectivity index (χ4n) is 3.62. The van der Waals surface area contributed by atoms with Crippen LogP contribution in [-0.2, 0) is 10.4 Å². The minimum Gasteiger partial charge on any atom is -0.374 e. The molecular formula is C22H15Cl2NO3. The van der Waals surface area contributed by atoms with Gasteiger partial charge in [0, 0.05) is 16.1 Å². The molecule has 140 valence electrons. The lowest BCUT2D eigenvalue weighted by molar-refractivity contribution is -0.135. The van der Waals surface area contributed by atoms with Gasteiger partial charge in [0.1, 0.15) is 0 Å². The molecule has 0 saturated carbocycles. The van der Waals surface area contributed by atoms with Gasteiger partial charge in [0.25, 0.3) is 5.91 Å². The van der Waals surface area contributed by atoms with Gasteiger partial charge in [0.15, 0.2) is 11.4 Å². The summed E-state index contributed by atoms with van der Waals surface area (Å²) < 4.78 is 0. The Balaban J connectivity index is 1.96. The zero-order valence-electron chi connectivity index (χ0n) is 14.5. The molecule has 0 aliphatic carbocycles. The maximum Gasteiger partial charge on any atom is 0.262 e. The van der Waals surface area contributed by atoms with E-state index in [0.29, 0.717) is 11.1 Å². The minimum atomic E-state index is -2.15. The smallest absolute Gasteiger partial charge is 0.262 e. The van der Waals surface area contributed by atoms with Crippen molar-refractivity contribution in [2.45, 2.75) is 11.5 Å². The molecule has 2 N–H and O–H groups in total. The standard InChI is InChI=1S/C22H15Cl2NO3/c23-15-11-16-19(17(24)12-15)25-21(27)22(16,28)18(13-7-3-1-4-8-13)20(26)14-9-5-2-6-10-14/h1-12,18,28H,(H,25,27)/t18-,22-/m0/s1. The largest absolute Gasteiger partial charge is 0.374 e. The zero-order chi connectivity index (χ0) is 19.9. The van der Waals surface area contributed by atoms with E-state index in [1.165, 1.54) is 12.1 Å². The molecule has 0 spiro atoms. The van der Waals surface area contributed by atoms with Crippen molar-refractivity contribution in [1.29, 1.82) is 0 Å². The molecule has 4 nitrogen and oxygen atoms in total. The number of aliphatic hydroxyl groups is 1. The van der Waals surface area contributed by atoms with Crippen LogP contribution in [0.2, 0.25) is 10.0 Å². The van der Waals surface area contributed by atoms with Crippen LogP contribution in [0.5, 0.6) is 0 Å². The van der Waals surface area contributed by atoms with Gasteiger partial charge in [-0.15, -0.1) is 0 Å². The van der Waals surface area contributed by atoms with Crippen LogP contribution in [0.4, 0.5) is 5.69 Å². The average molecular weight is 412 g/mol. The number of fused-ring (bicyclic) bond motifs is 1. The number of benzene rings is 3. The van der Waals surface area contributed by atoms with E-state index in [4.69, 9.17) is 23.2 Å². The molecule has 1 heterocycles. The van der Waals surface area contributed by atoms with Crippen molar-refractivity contribution in [3.05, 3.63) is 99.5 Å². The van der Waals surface area contributed by atoms with Crippen LogP contribution in [0.3, 0.4) is 0 Å². The number of halogens is 2. The number of hydrogen-bond donors (Lipinski definition) is 2. The SMILES string of the molecule is O=C(c1ccccc1)[C@H](c1ccccc1)[C@]1(O)C(=O)Nc2c(Cl)cc(Cl)cc21. The Kier molecular flexibility index (Phi) is 4.71. The van der Waals surface area contributed by atoms with Gasteiger partial charge in [-0.05, 0) is 17.7 Å². The van der Waals surface area contributed by atoms with Gasteiger partial charge < -0.3 is 10.4 Å². The summed E-state index contributed by atoms with van der Waals surface area (Å²) in [6.45, 7) is 0. The van der Waals surface area contributed by atoms with Gasteiger partial charge in [-0.25, -0.2) is 0 Å². The Morgan fingerprint density at radius 1 is 0.964 bits per heavy atom. The maximum absolute atomic E-state index is 13.5. The number of rotatable bonds is 4. The molecule has 28 heavy (non-hydrogen) atoms. The van der Waals surface area contributed by atoms with E-state index in [2.05, 4.69) is 5.32 Å². The number of ketones is 1. The summed E-state index contributed by atoms with van der Waals surface area (Å²) in [5.41, 5.74) is -0.802. The Morgan fingerprint density at radius 3 is 2.21 bits per heavy atom. The molecule has 1 aliphatic rings. The highest BCUT2D eigenvalue weighted by atomic mass is 35.5. The first kappa shape index (κ1) is 18.7. The minimum absolute atomic E-state index is 0.188. The number of Topliss-reactive ketones (excluding diaryl/α,β-unsaturated/α-hetero) is 1. The molecule has 2 atom stereocenters. The van der Waals surface area contributed by atoms with Crippen LogP contribution in [0.25, 0.3) is 0 Å². The number of carbonyl (C=O) groups is 2. The maximum atomic E-state index is 13.5. The molecule has 0 fully saturated rings. The van der Waals surface area contributed by atoms with E-state index in [1.807, 2.05) is 0 Å². The Labute approximate surface area is 171 Å². The van der Waals surface area contributed by atoms with E-state index in [1.54, 1.807) is 60.7 Å². The molecule has 1 aliphatic heterocycles. The van der Waals surface area contributed by atoms with Crippen LogP contribution in [0.1, 0.15) is 27.4 Å². The van der Waals surface area contributed by atoms with Crippen molar-refractivity contribution in [2.24, 2.45) is 0 Å². The van der Waals surface area contributed by atoms with Crippen LogP contribution < -0.4 is 5.32 Å². The van der Waals surface area contributed by atoms with Gasteiger partial charge in [0.05, 0.1) is 16.6 Å². The van der Waals surface area contributed by atoms with Crippen molar-refractivity contribution in [3.8, 4) is 0 Å².